The van der Waals surface area contributed by atoms with Gasteiger partial charge in [0.2, 0.25) is 11.8 Å². The number of carbonyl (C=O) groups is 2. The van der Waals surface area contributed by atoms with E-state index in [1.807, 2.05) is 27.8 Å². The molecule has 4 atom stereocenters. The van der Waals surface area contributed by atoms with Gasteiger partial charge in [0, 0.05) is 48.4 Å². The number of rotatable bonds is 7. The number of primary amides is 1. The van der Waals surface area contributed by atoms with Crippen molar-refractivity contribution < 1.29 is 9.59 Å². The van der Waals surface area contributed by atoms with Gasteiger partial charge in [-0.15, -0.1) is 16.9 Å². The fourth-order valence-electron chi connectivity index (χ4n) is 5.61. The maximum Gasteiger partial charge on any atom is 0.227 e. The van der Waals surface area contributed by atoms with E-state index in [4.69, 9.17) is 5.73 Å². The summed E-state index contributed by atoms with van der Waals surface area (Å²) in [5, 5.41) is 8.73. The molecule has 1 aromatic heterocycles. The predicted molar refractivity (Wildman–Crippen MR) is 126 cm³/mol. The molecule has 0 saturated carbocycles. The van der Waals surface area contributed by atoms with Crippen LogP contribution in [0.5, 0.6) is 0 Å². The van der Waals surface area contributed by atoms with Crippen LogP contribution in [0.4, 0.5) is 0 Å². The van der Waals surface area contributed by atoms with Gasteiger partial charge in [-0.1, -0.05) is 23.4 Å². The Kier molecular flexibility index (Phi) is 6.69. The molecule has 2 bridgehead atoms. The average Bonchev–Trinajstić information content (AvgIpc) is 3.30. The van der Waals surface area contributed by atoms with Crippen LogP contribution in [0.1, 0.15) is 31.4 Å². The highest BCUT2D eigenvalue weighted by Gasteiger charge is 2.45. The van der Waals surface area contributed by atoms with Gasteiger partial charge in [-0.25, -0.2) is 0 Å². The molecular formula is C24H32N6O2S. The maximum atomic E-state index is 13.2. The highest BCUT2D eigenvalue weighted by atomic mass is 32.2. The molecule has 4 aliphatic rings. The molecule has 4 saturated heterocycles. The molecule has 0 radical (unpaired) electrons. The highest BCUT2D eigenvalue weighted by molar-refractivity contribution is 7.98. The zero-order chi connectivity index (χ0) is 22.8. The number of likely N-dealkylation sites (tertiary alicyclic amines) is 1. The lowest BCUT2D eigenvalue weighted by Gasteiger charge is -2.50. The molecule has 2 N–H and O–H groups in total. The van der Waals surface area contributed by atoms with E-state index >= 15 is 0 Å². The molecule has 9 heteroatoms. The first kappa shape index (κ1) is 22.4. The van der Waals surface area contributed by atoms with Crippen LogP contribution < -0.4 is 5.73 Å². The molecule has 8 nitrogen and oxygen atoms in total. The molecule has 5 heterocycles. The van der Waals surface area contributed by atoms with Crippen LogP contribution in [0.3, 0.4) is 0 Å². The van der Waals surface area contributed by atoms with E-state index in [1.54, 1.807) is 11.8 Å². The number of benzene rings is 1. The lowest BCUT2D eigenvalue weighted by Crippen LogP contribution is -2.59. The number of nitrogens with two attached hydrogens (primary N) is 1. The zero-order valence-corrected chi connectivity index (χ0v) is 19.7. The van der Waals surface area contributed by atoms with Crippen molar-refractivity contribution in [2.75, 3.05) is 26.2 Å². The number of hydrogen-bond donors (Lipinski definition) is 1. The van der Waals surface area contributed by atoms with Crippen molar-refractivity contribution in [3.05, 3.63) is 42.2 Å². The molecule has 1 aromatic carbocycles. The first-order valence-corrected chi connectivity index (χ1v) is 12.9. The van der Waals surface area contributed by atoms with Crippen molar-refractivity contribution in [3.8, 4) is 0 Å². The zero-order valence-electron chi connectivity index (χ0n) is 18.9. The number of nitrogens with zero attached hydrogens (tertiary/aromatic N) is 5. The van der Waals surface area contributed by atoms with Crippen LogP contribution >= 0.6 is 11.8 Å². The Labute approximate surface area is 198 Å². The Balaban J connectivity index is 1.13. The Morgan fingerprint density at radius 2 is 1.88 bits per heavy atom. The third-order valence-corrected chi connectivity index (χ3v) is 8.56. The summed E-state index contributed by atoms with van der Waals surface area (Å²) < 4.78 is 1.97. The van der Waals surface area contributed by atoms with E-state index < -0.39 is 0 Å². The Hall–Kier alpha value is -2.39. The third kappa shape index (κ3) is 5.09. The van der Waals surface area contributed by atoms with Crippen LogP contribution in [0.2, 0.25) is 0 Å². The normalized spacial score (nSPS) is 27.6. The van der Waals surface area contributed by atoms with Crippen LogP contribution in [0.15, 0.2) is 41.4 Å². The standard InChI is InChI=1S/C24H32N6O2S/c25-23(31)17-6-9-28(10-7-17)24(32)22-15-29-11-8-18(22)12-20(29)14-30-13-19(26-27-30)16-33-21-4-2-1-3-5-21/h1-5,13,17-18,20,22H,6-12,14-16H2,(H2,25,31)/t18-,20-,22+/m1/s1. The van der Waals surface area contributed by atoms with E-state index in [0.717, 1.165) is 43.9 Å². The molecular weight excluding hydrogens is 436 g/mol. The molecule has 2 amide bonds. The predicted octanol–water partition coefficient (Wildman–Crippen LogP) is 2.00. The maximum absolute atomic E-state index is 13.2. The van der Waals surface area contributed by atoms with Crippen LogP contribution in [-0.2, 0) is 21.9 Å². The van der Waals surface area contributed by atoms with Crippen LogP contribution in [0, 0.1) is 17.8 Å². The van der Waals surface area contributed by atoms with Crippen LogP contribution in [-0.4, -0.2) is 68.8 Å². The molecule has 4 fully saturated rings. The summed E-state index contributed by atoms with van der Waals surface area (Å²) in [7, 11) is 0. The SMILES string of the molecule is NC(=O)C1CCN(C(=O)[C@H]2CN3CC[C@@H]2C[C@@H]3Cn2cc(CSc3ccccc3)nn2)CC1. The summed E-state index contributed by atoms with van der Waals surface area (Å²) >= 11 is 1.77. The number of piperidine rings is 4. The fraction of sp³-hybridized carbons (Fsp3) is 0.583. The first-order chi connectivity index (χ1) is 16.1. The minimum atomic E-state index is -0.234. The van der Waals surface area contributed by atoms with Gasteiger partial charge in [0.25, 0.3) is 0 Å². The number of fused-ring (bicyclic) bond motifs is 3. The van der Waals surface area contributed by atoms with Crippen molar-refractivity contribution in [2.45, 2.75) is 48.9 Å². The molecule has 4 aliphatic heterocycles. The third-order valence-electron chi connectivity index (χ3n) is 7.52. The summed E-state index contributed by atoms with van der Waals surface area (Å²) in [6, 6.07) is 10.7. The smallest absolute Gasteiger partial charge is 0.227 e. The summed E-state index contributed by atoms with van der Waals surface area (Å²) in [6.45, 7) is 4.01. The second-order valence-corrected chi connectivity index (χ2v) is 10.6. The van der Waals surface area contributed by atoms with Gasteiger partial charge >= 0.3 is 0 Å². The number of thioether (sulfide) groups is 1. The largest absolute Gasteiger partial charge is 0.369 e. The molecule has 0 aliphatic carbocycles. The van der Waals surface area contributed by atoms with Gasteiger partial charge < -0.3 is 10.6 Å². The highest BCUT2D eigenvalue weighted by Crippen LogP contribution is 2.38. The van der Waals surface area contributed by atoms with Gasteiger partial charge in [-0.2, -0.15) is 0 Å². The molecule has 6 rings (SSSR count). The van der Waals surface area contributed by atoms with Gasteiger partial charge in [0.1, 0.15) is 0 Å². The number of amides is 2. The lowest BCUT2D eigenvalue weighted by atomic mass is 9.74. The average molecular weight is 469 g/mol. The van der Waals surface area contributed by atoms with Crippen molar-refractivity contribution in [1.82, 2.24) is 24.8 Å². The van der Waals surface area contributed by atoms with E-state index in [-0.39, 0.29) is 23.7 Å². The molecule has 2 aromatic rings. The van der Waals surface area contributed by atoms with Crippen molar-refractivity contribution >= 4 is 23.6 Å². The fourth-order valence-corrected chi connectivity index (χ4v) is 6.41. The Bertz CT molecular complexity index is 974. The number of carbonyl (C=O) groups excluding carboxylic acids is 2. The van der Waals surface area contributed by atoms with Crippen molar-refractivity contribution in [2.24, 2.45) is 23.5 Å². The second-order valence-electron chi connectivity index (χ2n) is 9.58. The van der Waals surface area contributed by atoms with Crippen molar-refractivity contribution in [1.29, 1.82) is 0 Å². The quantitative estimate of drug-likeness (QED) is 0.625. The topological polar surface area (TPSA) is 97.3 Å². The van der Waals surface area contributed by atoms with Crippen LogP contribution in [0.25, 0.3) is 0 Å². The van der Waals surface area contributed by atoms with E-state index in [9.17, 15) is 9.59 Å². The minimum Gasteiger partial charge on any atom is -0.369 e. The van der Waals surface area contributed by atoms with Gasteiger partial charge in [0.15, 0.2) is 0 Å². The van der Waals surface area contributed by atoms with E-state index in [1.165, 1.54) is 4.90 Å². The first-order valence-electron chi connectivity index (χ1n) is 12.0. The van der Waals surface area contributed by atoms with Gasteiger partial charge in [0.05, 0.1) is 18.2 Å². The Morgan fingerprint density at radius 3 is 2.58 bits per heavy atom. The summed E-state index contributed by atoms with van der Waals surface area (Å²) in [4.78, 5) is 30.3. The van der Waals surface area contributed by atoms with Crippen molar-refractivity contribution in [3.63, 3.8) is 0 Å². The monoisotopic (exact) mass is 468 g/mol. The lowest BCUT2D eigenvalue weighted by molar-refractivity contribution is -0.146. The van der Waals surface area contributed by atoms with Gasteiger partial charge in [-0.05, 0) is 50.3 Å². The molecule has 1 unspecified atom stereocenters. The molecule has 33 heavy (non-hydrogen) atoms. The van der Waals surface area contributed by atoms with E-state index in [2.05, 4.69) is 33.5 Å². The summed E-state index contributed by atoms with van der Waals surface area (Å²) in [5.74, 6) is 1.27. The minimum absolute atomic E-state index is 0.0775. The number of hydrogen-bond acceptors (Lipinski definition) is 6. The number of aromatic nitrogens is 3. The summed E-state index contributed by atoms with van der Waals surface area (Å²) in [6.07, 6.45) is 5.57. The molecule has 0 spiro atoms. The van der Waals surface area contributed by atoms with Gasteiger partial charge in [-0.3, -0.25) is 19.2 Å². The van der Waals surface area contributed by atoms with E-state index in [0.29, 0.717) is 37.9 Å². The Morgan fingerprint density at radius 1 is 1.09 bits per heavy atom. The summed E-state index contributed by atoms with van der Waals surface area (Å²) in [5.41, 5.74) is 6.44. The second kappa shape index (κ2) is 9.85. The molecule has 176 valence electrons.